The smallest absolute Gasteiger partial charge is 0.307 e. The van der Waals surface area contributed by atoms with E-state index in [0.717, 1.165) is 19.3 Å². The molecule has 25 heavy (non-hydrogen) atoms. The number of hydrogen-bond donors (Lipinski definition) is 2. The van der Waals surface area contributed by atoms with Crippen LogP contribution < -0.4 is 5.32 Å². The minimum Gasteiger partial charge on any atom is -0.481 e. The maximum atomic E-state index is 13.9. The van der Waals surface area contributed by atoms with Gasteiger partial charge < -0.3 is 10.4 Å². The van der Waals surface area contributed by atoms with E-state index in [1.165, 1.54) is 29.3 Å². The Hall–Kier alpha value is -2.69. The Bertz CT molecular complexity index is 803. The van der Waals surface area contributed by atoms with Crippen LogP contribution in [0.25, 0.3) is 0 Å². The number of halogens is 1. The molecule has 4 nitrogen and oxygen atoms in total. The summed E-state index contributed by atoms with van der Waals surface area (Å²) in [6.45, 7) is 0. The highest BCUT2D eigenvalue weighted by Gasteiger charge is 2.21. The average molecular weight is 341 g/mol. The lowest BCUT2D eigenvalue weighted by Crippen LogP contribution is -2.21. The molecule has 130 valence electrons. The molecule has 0 spiro atoms. The number of aryl methyl sites for hydroxylation is 1. The van der Waals surface area contributed by atoms with Crippen molar-refractivity contribution < 1.29 is 19.1 Å². The first-order valence-electron chi connectivity index (χ1n) is 8.38. The molecule has 1 amide bonds. The predicted octanol–water partition coefficient (Wildman–Crippen LogP) is 3.59. The molecule has 2 aromatic carbocycles. The molecule has 2 N–H and O–H groups in total. The van der Waals surface area contributed by atoms with Crippen molar-refractivity contribution in [3.05, 3.63) is 65.0 Å². The largest absolute Gasteiger partial charge is 0.481 e. The third-order valence-corrected chi connectivity index (χ3v) is 4.60. The van der Waals surface area contributed by atoms with Gasteiger partial charge in [-0.05, 0) is 54.0 Å². The van der Waals surface area contributed by atoms with Crippen molar-refractivity contribution in [2.24, 2.45) is 5.92 Å². The fourth-order valence-electron chi connectivity index (χ4n) is 3.35. The standard InChI is InChI=1S/C20H20FNO3/c21-18-12-17(8-7-16(18)11-20(24)25)22-19(23)10-13-5-6-14-3-1-2-4-15(14)9-13/h1-4,7-8,12-13H,5-6,9-11H2,(H,22,23)(H,24,25). The van der Waals surface area contributed by atoms with E-state index in [2.05, 4.69) is 17.4 Å². The van der Waals surface area contributed by atoms with Gasteiger partial charge in [0.1, 0.15) is 5.82 Å². The van der Waals surface area contributed by atoms with Gasteiger partial charge in [0, 0.05) is 12.1 Å². The van der Waals surface area contributed by atoms with Crippen LogP contribution in [0.5, 0.6) is 0 Å². The second-order valence-electron chi connectivity index (χ2n) is 6.51. The molecular weight excluding hydrogens is 321 g/mol. The molecule has 1 unspecified atom stereocenters. The average Bonchev–Trinajstić information content (AvgIpc) is 2.57. The van der Waals surface area contributed by atoms with Gasteiger partial charge >= 0.3 is 5.97 Å². The van der Waals surface area contributed by atoms with E-state index in [1.54, 1.807) is 0 Å². The normalized spacial score (nSPS) is 16.1. The molecule has 0 saturated carbocycles. The van der Waals surface area contributed by atoms with Crippen LogP contribution >= 0.6 is 0 Å². The summed E-state index contributed by atoms with van der Waals surface area (Å²) in [7, 11) is 0. The number of carboxylic acid groups (broad SMARTS) is 1. The van der Waals surface area contributed by atoms with Crippen LogP contribution in [0, 0.1) is 11.7 Å². The van der Waals surface area contributed by atoms with Crippen LogP contribution in [0.2, 0.25) is 0 Å². The number of anilines is 1. The summed E-state index contributed by atoms with van der Waals surface area (Å²) >= 11 is 0. The van der Waals surface area contributed by atoms with Gasteiger partial charge in [0.05, 0.1) is 6.42 Å². The number of nitrogens with one attached hydrogen (secondary N) is 1. The molecular formula is C20H20FNO3. The van der Waals surface area contributed by atoms with Gasteiger partial charge in [-0.2, -0.15) is 0 Å². The Balaban J connectivity index is 1.58. The van der Waals surface area contributed by atoms with Gasteiger partial charge in [0.15, 0.2) is 0 Å². The summed E-state index contributed by atoms with van der Waals surface area (Å²) in [4.78, 5) is 22.9. The Morgan fingerprint density at radius 1 is 1.16 bits per heavy atom. The first-order chi connectivity index (χ1) is 12.0. The van der Waals surface area contributed by atoms with E-state index >= 15 is 0 Å². The van der Waals surface area contributed by atoms with Crippen LogP contribution in [0.4, 0.5) is 10.1 Å². The van der Waals surface area contributed by atoms with Gasteiger partial charge in [0.2, 0.25) is 5.91 Å². The van der Waals surface area contributed by atoms with Gasteiger partial charge in [-0.3, -0.25) is 9.59 Å². The number of fused-ring (bicyclic) bond motifs is 1. The van der Waals surface area contributed by atoms with Crippen molar-refractivity contribution in [1.82, 2.24) is 0 Å². The van der Waals surface area contributed by atoms with Gasteiger partial charge in [0.25, 0.3) is 0 Å². The number of amides is 1. The highest BCUT2D eigenvalue weighted by atomic mass is 19.1. The van der Waals surface area contributed by atoms with Crippen molar-refractivity contribution in [2.45, 2.75) is 32.1 Å². The van der Waals surface area contributed by atoms with E-state index < -0.39 is 11.8 Å². The molecule has 0 saturated heterocycles. The highest BCUT2D eigenvalue weighted by molar-refractivity contribution is 5.91. The lowest BCUT2D eigenvalue weighted by atomic mass is 9.82. The van der Waals surface area contributed by atoms with Crippen LogP contribution in [0.3, 0.4) is 0 Å². The van der Waals surface area contributed by atoms with E-state index in [4.69, 9.17) is 5.11 Å². The Kier molecular flexibility index (Phi) is 5.12. The fraction of sp³-hybridized carbons (Fsp3) is 0.300. The van der Waals surface area contributed by atoms with Crippen molar-refractivity contribution in [3.8, 4) is 0 Å². The minimum absolute atomic E-state index is 0.106. The summed E-state index contributed by atoms with van der Waals surface area (Å²) < 4.78 is 13.9. The van der Waals surface area contributed by atoms with Crippen molar-refractivity contribution in [1.29, 1.82) is 0 Å². The molecule has 1 aliphatic carbocycles. The molecule has 0 heterocycles. The first-order valence-corrected chi connectivity index (χ1v) is 8.38. The number of rotatable bonds is 5. The molecule has 5 heteroatoms. The molecule has 1 aliphatic rings. The fourth-order valence-corrected chi connectivity index (χ4v) is 3.35. The topological polar surface area (TPSA) is 66.4 Å². The second kappa shape index (κ2) is 7.47. The molecule has 2 aromatic rings. The SMILES string of the molecule is O=C(O)Cc1ccc(NC(=O)CC2CCc3ccccc3C2)cc1F. The summed E-state index contributed by atoms with van der Waals surface area (Å²) in [5.74, 6) is -1.57. The lowest BCUT2D eigenvalue weighted by molar-refractivity contribution is -0.136. The molecule has 0 radical (unpaired) electrons. The van der Waals surface area contributed by atoms with Crippen LogP contribution in [0.1, 0.15) is 29.5 Å². The summed E-state index contributed by atoms with van der Waals surface area (Å²) in [6, 6.07) is 12.4. The number of benzene rings is 2. The maximum absolute atomic E-state index is 13.9. The Morgan fingerprint density at radius 3 is 2.64 bits per heavy atom. The van der Waals surface area contributed by atoms with Crippen LogP contribution in [0.15, 0.2) is 42.5 Å². The van der Waals surface area contributed by atoms with Crippen molar-refractivity contribution in [2.75, 3.05) is 5.32 Å². The highest BCUT2D eigenvalue weighted by Crippen LogP contribution is 2.27. The zero-order chi connectivity index (χ0) is 17.8. The zero-order valence-electron chi connectivity index (χ0n) is 13.8. The van der Waals surface area contributed by atoms with Gasteiger partial charge in [-0.15, -0.1) is 0 Å². The lowest BCUT2D eigenvalue weighted by Gasteiger charge is -2.24. The number of hydrogen-bond acceptors (Lipinski definition) is 2. The van der Waals surface area contributed by atoms with Crippen LogP contribution in [-0.2, 0) is 28.9 Å². The van der Waals surface area contributed by atoms with E-state index in [-0.39, 0.29) is 23.8 Å². The van der Waals surface area contributed by atoms with Crippen molar-refractivity contribution >= 4 is 17.6 Å². The number of carbonyl (C=O) groups is 2. The van der Waals surface area contributed by atoms with Crippen molar-refractivity contribution in [3.63, 3.8) is 0 Å². The zero-order valence-corrected chi connectivity index (χ0v) is 13.8. The third-order valence-electron chi connectivity index (χ3n) is 4.60. The Morgan fingerprint density at radius 2 is 1.92 bits per heavy atom. The quantitative estimate of drug-likeness (QED) is 0.873. The number of aliphatic carboxylic acids is 1. The molecule has 0 aromatic heterocycles. The van der Waals surface area contributed by atoms with E-state index in [0.29, 0.717) is 12.1 Å². The maximum Gasteiger partial charge on any atom is 0.307 e. The van der Waals surface area contributed by atoms with E-state index in [1.807, 2.05) is 12.1 Å². The molecule has 0 bridgehead atoms. The van der Waals surface area contributed by atoms with Crippen LogP contribution in [-0.4, -0.2) is 17.0 Å². The molecule has 1 atom stereocenters. The summed E-state index contributed by atoms with van der Waals surface area (Å²) in [5, 5.41) is 11.4. The number of carbonyl (C=O) groups excluding carboxylic acids is 1. The third kappa shape index (κ3) is 4.44. The molecule has 0 fully saturated rings. The van der Waals surface area contributed by atoms with E-state index in [9.17, 15) is 14.0 Å². The Labute approximate surface area is 145 Å². The predicted molar refractivity (Wildman–Crippen MR) is 92.9 cm³/mol. The summed E-state index contributed by atoms with van der Waals surface area (Å²) in [6.07, 6.45) is 2.85. The monoisotopic (exact) mass is 341 g/mol. The van der Waals surface area contributed by atoms with Gasteiger partial charge in [-0.25, -0.2) is 4.39 Å². The van der Waals surface area contributed by atoms with Gasteiger partial charge in [-0.1, -0.05) is 30.3 Å². The number of carboxylic acids is 1. The first kappa shape index (κ1) is 17.1. The molecule has 0 aliphatic heterocycles. The second-order valence-corrected chi connectivity index (χ2v) is 6.51. The minimum atomic E-state index is -1.09. The molecule has 3 rings (SSSR count). The summed E-state index contributed by atoms with van der Waals surface area (Å²) in [5.41, 5.74) is 3.12.